The molecule has 0 saturated heterocycles. The lowest BCUT2D eigenvalue weighted by atomic mass is 10.0. The van der Waals surface area contributed by atoms with Crippen LogP contribution in [-0.2, 0) is 14.3 Å². The molecular weight excluding hydrogens is 292 g/mol. The molecule has 0 saturated carbocycles. The minimum atomic E-state index is -1.45. The number of hydrogen-bond acceptors (Lipinski definition) is 5. The highest BCUT2D eigenvalue weighted by Crippen LogP contribution is 2.09. The van der Waals surface area contributed by atoms with Gasteiger partial charge < -0.3 is 25.6 Å². The number of carboxylic acids is 1. The van der Waals surface area contributed by atoms with Gasteiger partial charge in [-0.15, -0.1) is 0 Å². The minimum Gasteiger partial charge on any atom is -0.480 e. The van der Waals surface area contributed by atoms with Gasteiger partial charge in [-0.25, -0.2) is 9.59 Å². The predicted molar refractivity (Wildman–Crippen MR) is 79.2 cm³/mol. The highest BCUT2D eigenvalue weighted by atomic mass is 16.6. The SMILES string of the molecule is CC(C)[C@H](NC(=O)OC(C)(C)C)C(=O)N[C@H](C(=O)O)[C@@H](C)O. The summed E-state index contributed by atoms with van der Waals surface area (Å²) < 4.78 is 5.07. The van der Waals surface area contributed by atoms with Gasteiger partial charge in [-0.1, -0.05) is 13.8 Å². The number of carbonyl (C=O) groups is 3. The third kappa shape index (κ3) is 7.26. The van der Waals surface area contributed by atoms with Gasteiger partial charge in [0.2, 0.25) is 5.91 Å². The van der Waals surface area contributed by atoms with Crippen LogP contribution in [-0.4, -0.2) is 52.0 Å². The number of aliphatic hydroxyl groups is 1. The zero-order chi connectivity index (χ0) is 17.7. The van der Waals surface area contributed by atoms with E-state index in [9.17, 15) is 19.5 Å². The van der Waals surface area contributed by atoms with Crippen molar-refractivity contribution >= 4 is 18.0 Å². The monoisotopic (exact) mass is 318 g/mol. The van der Waals surface area contributed by atoms with E-state index in [0.717, 1.165) is 0 Å². The number of nitrogens with one attached hydrogen (secondary N) is 2. The summed E-state index contributed by atoms with van der Waals surface area (Å²) in [5.74, 6) is -2.35. The van der Waals surface area contributed by atoms with Crippen molar-refractivity contribution in [3.8, 4) is 0 Å². The largest absolute Gasteiger partial charge is 0.480 e. The molecule has 22 heavy (non-hydrogen) atoms. The first-order valence-corrected chi connectivity index (χ1v) is 7.06. The number of aliphatic carboxylic acids is 1. The average Bonchev–Trinajstić information content (AvgIpc) is 2.29. The molecule has 0 heterocycles. The summed E-state index contributed by atoms with van der Waals surface area (Å²) in [6, 6.07) is -2.43. The fourth-order valence-corrected chi connectivity index (χ4v) is 1.60. The highest BCUT2D eigenvalue weighted by molar-refractivity contribution is 5.89. The van der Waals surface area contributed by atoms with Gasteiger partial charge >= 0.3 is 12.1 Å². The number of hydrogen-bond donors (Lipinski definition) is 4. The maximum atomic E-state index is 12.1. The Labute approximate surface area is 130 Å². The molecule has 0 spiro atoms. The van der Waals surface area contributed by atoms with Crippen LogP contribution in [0.2, 0.25) is 0 Å². The average molecular weight is 318 g/mol. The minimum absolute atomic E-state index is 0.295. The molecule has 0 unspecified atom stereocenters. The summed E-state index contributed by atoms with van der Waals surface area (Å²) in [7, 11) is 0. The van der Waals surface area contributed by atoms with Crippen LogP contribution in [0.1, 0.15) is 41.5 Å². The predicted octanol–water partition coefficient (Wildman–Crippen LogP) is 0.486. The van der Waals surface area contributed by atoms with Crippen LogP contribution < -0.4 is 10.6 Å². The number of carboxylic acid groups (broad SMARTS) is 1. The lowest BCUT2D eigenvalue weighted by Crippen LogP contribution is -2.56. The number of rotatable bonds is 6. The molecule has 0 bridgehead atoms. The van der Waals surface area contributed by atoms with E-state index in [0.29, 0.717) is 0 Å². The van der Waals surface area contributed by atoms with E-state index in [1.54, 1.807) is 34.6 Å². The molecule has 3 atom stereocenters. The molecule has 0 aliphatic carbocycles. The number of ether oxygens (including phenoxy) is 1. The van der Waals surface area contributed by atoms with E-state index in [2.05, 4.69) is 10.6 Å². The van der Waals surface area contributed by atoms with Crippen molar-refractivity contribution in [2.24, 2.45) is 5.92 Å². The summed E-state index contributed by atoms with van der Waals surface area (Å²) in [6.07, 6.45) is -2.04. The molecule has 0 rings (SSSR count). The molecule has 0 fully saturated rings. The Bertz CT molecular complexity index is 414. The number of amides is 2. The molecule has 0 aliphatic heterocycles. The Morgan fingerprint density at radius 3 is 1.82 bits per heavy atom. The van der Waals surface area contributed by atoms with Crippen LogP contribution in [0.25, 0.3) is 0 Å². The van der Waals surface area contributed by atoms with Crippen LogP contribution in [0.3, 0.4) is 0 Å². The van der Waals surface area contributed by atoms with E-state index < -0.39 is 41.8 Å². The third-order valence-corrected chi connectivity index (χ3v) is 2.67. The number of alkyl carbamates (subject to hydrolysis) is 1. The Balaban J connectivity index is 4.92. The quantitative estimate of drug-likeness (QED) is 0.565. The van der Waals surface area contributed by atoms with E-state index in [1.165, 1.54) is 6.92 Å². The van der Waals surface area contributed by atoms with Crippen molar-refractivity contribution in [1.82, 2.24) is 10.6 Å². The maximum absolute atomic E-state index is 12.1. The molecule has 0 aliphatic rings. The molecule has 4 N–H and O–H groups in total. The number of carbonyl (C=O) groups excluding carboxylic acids is 2. The second-order valence-electron chi connectivity index (χ2n) is 6.43. The molecule has 128 valence electrons. The lowest BCUT2D eigenvalue weighted by molar-refractivity contribution is -0.145. The smallest absolute Gasteiger partial charge is 0.408 e. The molecule has 0 radical (unpaired) electrons. The van der Waals surface area contributed by atoms with Gasteiger partial charge in [-0.05, 0) is 33.6 Å². The van der Waals surface area contributed by atoms with Crippen molar-refractivity contribution in [3.05, 3.63) is 0 Å². The van der Waals surface area contributed by atoms with E-state index in [1.807, 2.05) is 0 Å². The van der Waals surface area contributed by atoms with Crippen molar-refractivity contribution in [2.75, 3.05) is 0 Å². The Hall–Kier alpha value is -1.83. The first-order valence-electron chi connectivity index (χ1n) is 7.06. The topological polar surface area (TPSA) is 125 Å². The van der Waals surface area contributed by atoms with Crippen molar-refractivity contribution < 1.29 is 29.3 Å². The summed E-state index contributed by atoms with van der Waals surface area (Å²) in [5.41, 5.74) is -0.717. The highest BCUT2D eigenvalue weighted by Gasteiger charge is 2.31. The molecule has 2 amide bonds. The van der Waals surface area contributed by atoms with Gasteiger partial charge in [-0.2, -0.15) is 0 Å². The molecule has 8 heteroatoms. The van der Waals surface area contributed by atoms with Gasteiger partial charge in [0.05, 0.1) is 6.10 Å². The molecular formula is C14H26N2O6. The van der Waals surface area contributed by atoms with Gasteiger partial charge in [-0.3, -0.25) is 4.79 Å². The summed E-state index contributed by atoms with van der Waals surface area (Å²) >= 11 is 0. The molecule has 8 nitrogen and oxygen atoms in total. The Morgan fingerprint density at radius 1 is 1.00 bits per heavy atom. The zero-order valence-corrected chi connectivity index (χ0v) is 13.8. The molecule has 0 aromatic rings. The number of aliphatic hydroxyl groups excluding tert-OH is 1. The van der Waals surface area contributed by atoms with Crippen LogP contribution in [0.5, 0.6) is 0 Å². The van der Waals surface area contributed by atoms with Crippen LogP contribution >= 0.6 is 0 Å². The fourth-order valence-electron chi connectivity index (χ4n) is 1.60. The first kappa shape index (κ1) is 20.2. The summed E-state index contributed by atoms with van der Waals surface area (Å²) in [6.45, 7) is 9.70. The van der Waals surface area contributed by atoms with E-state index >= 15 is 0 Å². The van der Waals surface area contributed by atoms with Crippen molar-refractivity contribution in [1.29, 1.82) is 0 Å². The van der Waals surface area contributed by atoms with Gasteiger partial charge in [0, 0.05) is 0 Å². The molecule has 0 aromatic heterocycles. The summed E-state index contributed by atoms with van der Waals surface area (Å²) in [5, 5.41) is 23.0. The Morgan fingerprint density at radius 2 is 1.50 bits per heavy atom. The molecule has 0 aromatic carbocycles. The third-order valence-electron chi connectivity index (χ3n) is 2.67. The van der Waals surface area contributed by atoms with E-state index in [4.69, 9.17) is 9.84 Å². The Kier molecular flexibility index (Phi) is 7.31. The van der Waals surface area contributed by atoms with Crippen molar-refractivity contribution in [2.45, 2.75) is 65.3 Å². The van der Waals surface area contributed by atoms with Crippen molar-refractivity contribution in [3.63, 3.8) is 0 Å². The lowest BCUT2D eigenvalue weighted by Gasteiger charge is -2.26. The van der Waals surface area contributed by atoms with Crippen LogP contribution in [0.15, 0.2) is 0 Å². The zero-order valence-electron chi connectivity index (χ0n) is 13.8. The van der Waals surface area contributed by atoms with Crippen LogP contribution in [0.4, 0.5) is 4.79 Å². The van der Waals surface area contributed by atoms with Gasteiger partial charge in [0.15, 0.2) is 6.04 Å². The standard InChI is InChI=1S/C14H26N2O6/c1-7(2)9(16-13(21)22-14(4,5)6)11(18)15-10(8(3)17)12(19)20/h7-10,17H,1-6H3,(H,15,18)(H,16,21)(H,19,20)/t8-,9+,10+/m1/s1. The first-order chi connectivity index (χ1) is 9.85. The second-order valence-corrected chi connectivity index (χ2v) is 6.43. The normalized spacial score (nSPS) is 15.6. The second kappa shape index (κ2) is 7.98. The van der Waals surface area contributed by atoms with E-state index in [-0.39, 0.29) is 5.92 Å². The fraction of sp³-hybridized carbons (Fsp3) is 0.786. The van der Waals surface area contributed by atoms with Crippen LogP contribution in [0, 0.1) is 5.92 Å². The van der Waals surface area contributed by atoms with Gasteiger partial charge in [0.1, 0.15) is 11.6 Å². The summed E-state index contributed by atoms with van der Waals surface area (Å²) in [4.78, 5) is 34.9. The van der Waals surface area contributed by atoms with Gasteiger partial charge in [0.25, 0.3) is 0 Å². The maximum Gasteiger partial charge on any atom is 0.408 e.